The zero-order valence-corrected chi connectivity index (χ0v) is 11.5. The molecular formula is C15H13ClF2O2. The zero-order valence-electron chi connectivity index (χ0n) is 10.7. The lowest BCUT2D eigenvalue weighted by molar-refractivity contribution is 0.199. The second-order valence-corrected chi connectivity index (χ2v) is 4.81. The Hall–Kier alpha value is -1.65. The van der Waals surface area contributed by atoms with E-state index in [9.17, 15) is 13.9 Å². The highest BCUT2D eigenvalue weighted by atomic mass is 35.5. The maximum Gasteiger partial charge on any atom is 0.159 e. The van der Waals surface area contributed by atoms with Crippen molar-refractivity contribution in [3.8, 4) is 5.75 Å². The highest BCUT2D eigenvalue weighted by Gasteiger charge is 2.08. The summed E-state index contributed by atoms with van der Waals surface area (Å²) in [4.78, 5) is 0. The van der Waals surface area contributed by atoms with Gasteiger partial charge in [-0.05, 0) is 42.3 Å². The molecule has 0 aliphatic heterocycles. The van der Waals surface area contributed by atoms with Crippen LogP contribution < -0.4 is 4.74 Å². The summed E-state index contributed by atoms with van der Waals surface area (Å²) in [5.74, 6) is -1.39. The SMILES string of the molecule is C[C@H](O)c1ccc(OCc2ccc(F)c(F)c2)c(Cl)c1. The van der Waals surface area contributed by atoms with E-state index in [1.165, 1.54) is 6.07 Å². The Morgan fingerprint density at radius 2 is 1.90 bits per heavy atom. The van der Waals surface area contributed by atoms with Crippen LogP contribution in [0, 0.1) is 11.6 Å². The summed E-state index contributed by atoms with van der Waals surface area (Å²) >= 11 is 6.03. The fraction of sp³-hybridized carbons (Fsp3) is 0.200. The maximum atomic E-state index is 13.0. The predicted molar refractivity (Wildman–Crippen MR) is 72.8 cm³/mol. The summed E-state index contributed by atoms with van der Waals surface area (Å²) in [5, 5.41) is 9.78. The monoisotopic (exact) mass is 298 g/mol. The number of benzene rings is 2. The van der Waals surface area contributed by atoms with Gasteiger partial charge in [-0.2, -0.15) is 0 Å². The molecule has 0 aliphatic rings. The molecule has 20 heavy (non-hydrogen) atoms. The van der Waals surface area contributed by atoms with Crippen molar-refractivity contribution in [3.05, 3.63) is 64.2 Å². The smallest absolute Gasteiger partial charge is 0.159 e. The summed E-state index contributed by atoms with van der Waals surface area (Å²) in [6, 6.07) is 8.49. The minimum atomic E-state index is -0.915. The van der Waals surface area contributed by atoms with Crippen LogP contribution in [0.5, 0.6) is 5.75 Å². The number of ether oxygens (including phenoxy) is 1. The number of rotatable bonds is 4. The molecular weight excluding hydrogens is 286 g/mol. The predicted octanol–water partition coefficient (Wildman–Crippen LogP) is 4.25. The largest absolute Gasteiger partial charge is 0.487 e. The molecule has 0 amide bonds. The molecule has 5 heteroatoms. The van der Waals surface area contributed by atoms with Crippen molar-refractivity contribution >= 4 is 11.6 Å². The lowest BCUT2D eigenvalue weighted by Crippen LogP contribution is -1.98. The number of aliphatic hydroxyl groups excluding tert-OH is 1. The Bertz CT molecular complexity index is 615. The van der Waals surface area contributed by atoms with Crippen LogP contribution in [0.2, 0.25) is 5.02 Å². The molecule has 0 unspecified atom stereocenters. The Balaban J connectivity index is 2.09. The molecule has 0 heterocycles. The topological polar surface area (TPSA) is 29.5 Å². The maximum absolute atomic E-state index is 13.0. The van der Waals surface area contributed by atoms with E-state index >= 15 is 0 Å². The van der Waals surface area contributed by atoms with Gasteiger partial charge >= 0.3 is 0 Å². The molecule has 2 aromatic rings. The van der Waals surface area contributed by atoms with Gasteiger partial charge < -0.3 is 9.84 Å². The molecule has 0 aromatic heterocycles. The van der Waals surface area contributed by atoms with E-state index in [0.717, 1.165) is 12.1 Å². The molecule has 0 fully saturated rings. The van der Waals surface area contributed by atoms with Crippen LogP contribution in [-0.2, 0) is 6.61 Å². The van der Waals surface area contributed by atoms with Crippen LogP contribution in [0.3, 0.4) is 0 Å². The number of hydrogen-bond acceptors (Lipinski definition) is 2. The Labute approximate surface area is 120 Å². The van der Waals surface area contributed by atoms with E-state index in [1.54, 1.807) is 25.1 Å². The molecule has 0 bridgehead atoms. The quantitative estimate of drug-likeness (QED) is 0.914. The Kier molecular flexibility index (Phi) is 4.57. The van der Waals surface area contributed by atoms with Gasteiger partial charge in [-0.25, -0.2) is 8.78 Å². The fourth-order valence-electron chi connectivity index (χ4n) is 1.68. The molecule has 2 nitrogen and oxygen atoms in total. The van der Waals surface area contributed by atoms with Crippen LogP contribution >= 0.6 is 11.6 Å². The first kappa shape index (κ1) is 14.8. The van der Waals surface area contributed by atoms with Crippen LogP contribution in [0.15, 0.2) is 36.4 Å². The molecule has 2 aromatic carbocycles. The molecule has 1 N–H and O–H groups in total. The molecule has 1 atom stereocenters. The second kappa shape index (κ2) is 6.20. The van der Waals surface area contributed by atoms with E-state index in [2.05, 4.69) is 0 Å². The second-order valence-electron chi connectivity index (χ2n) is 4.40. The summed E-state index contributed by atoms with van der Waals surface area (Å²) in [6.45, 7) is 1.71. The van der Waals surface area contributed by atoms with Gasteiger partial charge in [-0.1, -0.05) is 23.7 Å². The van der Waals surface area contributed by atoms with Crippen molar-refractivity contribution in [2.45, 2.75) is 19.6 Å². The van der Waals surface area contributed by atoms with E-state index in [0.29, 0.717) is 21.9 Å². The standard InChI is InChI=1S/C15H13ClF2O2/c1-9(19)11-3-5-15(12(16)7-11)20-8-10-2-4-13(17)14(18)6-10/h2-7,9,19H,8H2,1H3/t9-/m0/s1. The van der Waals surface area contributed by atoms with Crippen molar-refractivity contribution in [2.75, 3.05) is 0 Å². The Morgan fingerprint density at radius 1 is 1.15 bits per heavy atom. The number of halogens is 3. The van der Waals surface area contributed by atoms with Gasteiger partial charge in [-0.15, -0.1) is 0 Å². The van der Waals surface area contributed by atoms with Crippen LogP contribution in [0.4, 0.5) is 8.78 Å². The van der Waals surface area contributed by atoms with Crippen LogP contribution in [0.1, 0.15) is 24.2 Å². The van der Waals surface area contributed by atoms with Crippen molar-refractivity contribution in [3.63, 3.8) is 0 Å². The third-order valence-electron chi connectivity index (χ3n) is 2.82. The highest BCUT2D eigenvalue weighted by Crippen LogP contribution is 2.28. The van der Waals surface area contributed by atoms with Crippen molar-refractivity contribution in [1.29, 1.82) is 0 Å². The molecule has 0 saturated heterocycles. The first-order valence-corrected chi connectivity index (χ1v) is 6.39. The summed E-state index contributed by atoms with van der Waals surface area (Å²) in [6.07, 6.45) is -0.618. The fourth-order valence-corrected chi connectivity index (χ4v) is 1.93. The average Bonchev–Trinajstić information content (AvgIpc) is 2.41. The average molecular weight is 299 g/mol. The van der Waals surface area contributed by atoms with E-state index in [1.807, 2.05) is 0 Å². The molecule has 106 valence electrons. The Morgan fingerprint density at radius 3 is 2.50 bits per heavy atom. The zero-order chi connectivity index (χ0) is 14.7. The van der Waals surface area contributed by atoms with Gasteiger partial charge in [0.15, 0.2) is 11.6 Å². The minimum Gasteiger partial charge on any atom is -0.487 e. The van der Waals surface area contributed by atoms with E-state index in [4.69, 9.17) is 16.3 Å². The molecule has 0 saturated carbocycles. The van der Waals surface area contributed by atoms with Gasteiger partial charge in [0.2, 0.25) is 0 Å². The summed E-state index contributed by atoms with van der Waals surface area (Å²) in [5.41, 5.74) is 1.18. The normalized spacial score (nSPS) is 12.2. The van der Waals surface area contributed by atoms with Crippen LogP contribution in [-0.4, -0.2) is 5.11 Å². The highest BCUT2D eigenvalue weighted by molar-refractivity contribution is 6.32. The number of aliphatic hydroxyl groups is 1. The van der Waals surface area contributed by atoms with E-state index in [-0.39, 0.29) is 6.61 Å². The van der Waals surface area contributed by atoms with E-state index < -0.39 is 17.7 Å². The summed E-state index contributed by atoms with van der Waals surface area (Å²) < 4.78 is 31.3. The number of hydrogen-bond donors (Lipinski definition) is 1. The molecule has 0 radical (unpaired) electrons. The molecule has 0 aliphatic carbocycles. The lowest BCUT2D eigenvalue weighted by atomic mass is 10.1. The van der Waals surface area contributed by atoms with Crippen LogP contribution in [0.25, 0.3) is 0 Å². The van der Waals surface area contributed by atoms with Gasteiger partial charge in [0.1, 0.15) is 12.4 Å². The van der Waals surface area contributed by atoms with Crippen molar-refractivity contribution < 1.29 is 18.6 Å². The van der Waals surface area contributed by atoms with Crippen molar-refractivity contribution in [2.24, 2.45) is 0 Å². The first-order valence-electron chi connectivity index (χ1n) is 6.01. The third-order valence-corrected chi connectivity index (χ3v) is 3.11. The lowest BCUT2D eigenvalue weighted by Gasteiger charge is -2.11. The van der Waals surface area contributed by atoms with Crippen molar-refractivity contribution in [1.82, 2.24) is 0 Å². The van der Waals surface area contributed by atoms with Gasteiger partial charge in [-0.3, -0.25) is 0 Å². The van der Waals surface area contributed by atoms with Gasteiger partial charge in [0, 0.05) is 0 Å². The molecule has 2 rings (SSSR count). The minimum absolute atomic E-state index is 0.0744. The summed E-state index contributed by atoms with van der Waals surface area (Å²) in [7, 11) is 0. The van der Waals surface area contributed by atoms with Gasteiger partial charge in [0.25, 0.3) is 0 Å². The third kappa shape index (κ3) is 3.46. The molecule has 0 spiro atoms. The first-order chi connectivity index (χ1) is 9.47. The van der Waals surface area contributed by atoms with Gasteiger partial charge in [0.05, 0.1) is 11.1 Å².